The summed E-state index contributed by atoms with van der Waals surface area (Å²) >= 11 is 0. The van der Waals surface area contributed by atoms with Crippen molar-refractivity contribution in [2.24, 2.45) is 5.92 Å². The first-order chi connectivity index (χ1) is 8.11. The summed E-state index contributed by atoms with van der Waals surface area (Å²) in [4.78, 5) is 2.45. The highest BCUT2D eigenvalue weighted by Gasteiger charge is 2.13. The first kappa shape index (κ1) is 13.7. The minimum absolute atomic E-state index is 0.482. The quantitative estimate of drug-likeness (QED) is 0.547. The zero-order chi connectivity index (χ0) is 12.7. The van der Waals surface area contributed by atoms with Crippen LogP contribution in [0.1, 0.15) is 26.2 Å². The summed E-state index contributed by atoms with van der Waals surface area (Å²) < 4.78 is 0. The van der Waals surface area contributed by atoms with Crippen LogP contribution in [-0.2, 0) is 0 Å². The van der Waals surface area contributed by atoms with Crippen LogP contribution in [-0.4, -0.2) is 24.5 Å². The molecule has 0 amide bonds. The van der Waals surface area contributed by atoms with Crippen LogP contribution in [0.2, 0.25) is 0 Å². The normalized spacial score (nSPS) is 22.0. The zero-order valence-electron chi connectivity index (χ0n) is 10.8. The largest absolute Gasteiger partial charge is 0.299 e. The Kier molecular flexibility index (Phi) is 5.72. The van der Waals surface area contributed by atoms with E-state index in [1.54, 1.807) is 6.08 Å². The highest BCUT2D eigenvalue weighted by atomic mass is 15.1. The molecule has 0 bridgehead atoms. The summed E-state index contributed by atoms with van der Waals surface area (Å²) in [5.41, 5.74) is 1.53. The number of likely N-dealkylation sites (tertiary alicyclic amines) is 1. The molecule has 1 rings (SSSR count). The van der Waals surface area contributed by atoms with Gasteiger partial charge in [-0.2, -0.15) is 5.26 Å². The molecule has 0 spiro atoms. The van der Waals surface area contributed by atoms with Gasteiger partial charge in [0.2, 0.25) is 0 Å². The molecule has 0 aliphatic carbocycles. The van der Waals surface area contributed by atoms with Crippen molar-refractivity contribution < 1.29 is 0 Å². The average Bonchev–Trinajstić information content (AvgIpc) is 2.51. The van der Waals surface area contributed by atoms with E-state index in [1.165, 1.54) is 19.3 Å². The Bertz CT molecular complexity index is 346. The molecule has 0 radical (unpaired) electrons. The smallest absolute Gasteiger partial charge is 0.0985 e. The number of nitriles is 1. The third-order valence-corrected chi connectivity index (χ3v) is 3.20. The summed E-state index contributed by atoms with van der Waals surface area (Å²) in [6.45, 7) is 13.2. The Morgan fingerprint density at radius 1 is 1.35 bits per heavy atom. The molecule has 0 aromatic carbocycles. The highest BCUT2D eigenvalue weighted by molar-refractivity contribution is 5.33. The summed E-state index contributed by atoms with van der Waals surface area (Å²) in [5.74, 6) is 0.849. The number of rotatable bonds is 4. The van der Waals surface area contributed by atoms with Crippen LogP contribution < -0.4 is 0 Å². The predicted molar refractivity (Wildman–Crippen MR) is 72.5 cm³/mol. The van der Waals surface area contributed by atoms with Gasteiger partial charge in [0, 0.05) is 12.1 Å². The molecular weight excluding hydrogens is 208 g/mol. The van der Waals surface area contributed by atoms with Gasteiger partial charge in [-0.15, -0.1) is 0 Å². The topological polar surface area (TPSA) is 27.0 Å². The van der Waals surface area contributed by atoms with E-state index in [9.17, 15) is 0 Å². The second-order valence-corrected chi connectivity index (χ2v) is 4.94. The lowest BCUT2D eigenvalue weighted by Crippen LogP contribution is -2.26. The number of allylic oxidation sites excluding steroid dienone is 2. The molecule has 2 heteroatoms. The van der Waals surface area contributed by atoms with Crippen LogP contribution in [0.15, 0.2) is 36.5 Å². The second-order valence-electron chi connectivity index (χ2n) is 4.94. The molecule has 1 aliphatic rings. The maximum Gasteiger partial charge on any atom is 0.0985 e. The maximum absolute atomic E-state index is 8.59. The molecule has 0 aromatic rings. The molecule has 0 aromatic heterocycles. The van der Waals surface area contributed by atoms with E-state index in [1.807, 2.05) is 12.1 Å². The number of hydrogen-bond acceptors (Lipinski definition) is 2. The van der Waals surface area contributed by atoms with E-state index < -0.39 is 0 Å². The molecular formula is C15H22N2. The molecule has 92 valence electrons. The fraction of sp³-hybridized carbons (Fsp3) is 0.533. The van der Waals surface area contributed by atoms with Crippen LogP contribution in [0, 0.1) is 17.2 Å². The van der Waals surface area contributed by atoms with Crippen molar-refractivity contribution in [3.63, 3.8) is 0 Å². The van der Waals surface area contributed by atoms with Crippen molar-refractivity contribution in [2.45, 2.75) is 26.2 Å². The van der Waals surface area contributed by atoms with E-state index in [0.29, 0.717) is 5.57 Å². The standard InChI is InChI=1S/C15H22N2/c1-13-5-4-9-17(10-8-13)12-15(3)7-6-14(2)11-16/h6-7,13H,2-5,8-10,12H2,1H3/b7-6-. The molecule has 0 N–H and O–H groups in total. The van der Waals surface area contributed by atoms with Crippen molar-refractivity contribution >= 4 is 0 Å². The van der Waals surface area contributed by atoms with Crippen molar-refractivity contribution in [1.82, 2.24) is 4.90 Å². The summed E-state index contributed by atoms with van der Waals surface area (Å²) in [6, 6.07) is 2.00. The molecule has 1 heterocycles. The lowest BCUT2D eigenvalue weighted by Gasteiger charge is -2.19. The molecule has 1 saturated heterocycles. The minimum Gasteiger partial charge on any atom is -0.299 e. The Morgan fingerprint density at radius 2 is 2.12 bits per heavy atom. The van der Waals surface area contributed by atoms with Crippen LogP contribution in [0.5, 0.6) is 0 Å². The monoisotopic (exact) mass is 230 g/mol. The van der Waals surface area contributed by atoms with Crippen molar-refractivity contribution in [3.05, 3.63) is 36.5 Å². The van der Waals surface area contributed by atoms with Gasteiger partial charge in [0.05, 0.1) is 6.07 Å². The lowest BCUT2D eigenvalue weighted by atomic mass is 10.0. The third kappa shape index (κ3) is 5.51. The predicted octanol–water partition coefficient (Wildman–Crippen LogP) is 3.30. The van der Waals surface area contributed by atoms with Crippen molar-refractivity contribution in [2.75, 3.05) is 19.6 Å². The van der Waals surface area contributed by atoms with Gasteiger partial charge in [-0.05, 0) is 49.9 Å². The van der Waals surface area contributed by atoms with Gasteiger partial charge < -0.3 is 0 Å². The average molecular weight is 230 g/mol. The molecule has 0 saturated carbocycles. The van der Waals surface area contributed by atoms with Crippen LogP contribution in [0.4, 0.5) is 0 Å². The highest BCUT2D eigenvalue weighted by Crippen LogP contribution is 2.17. The summed E-state index contributed by atoms with van der Waals surface area (Å²) in [6.07, 6.45) is 7.54. The van der Waals surface area contributed by atoms with E-state index in [0.717, 1.165) is 31.1 Å². The lowest BCUT2D eigenvalue weighted by molar-refractivity contribution is 0.307. The van der Waals surface area contributed by atoms with Crippen LogP contribution in [0.25, 0.3) is 0 Å². The SMILES string of the molecule is C=C(C#N)/C=C\C(=C)CN1CCCC(C)CC1. The number of hydrogen-bond donors (Lipinski definition) is 0. The molecule has 1 aliphatic heterocycles. The zero-order valence-corrected chi connectivity index (χ0v) is 10.8. The van der Waals surface area contributed by atoms with E-state index in [-0.39, 0.29) is 0 Å². The molecule has 1 atom stereocenters. The van der Waals surface area contributed by atoms with Gasteiger partial charge in [0.25, 0.3) is 0 Å². The molecule has 17 heavy (non-hydrogen) atoms. The molecule has 1 unspecified atom stereocenters. The molecule has 2 nitrogen and oxygen atoms in total. The van der Waals surface area contributed by atoms with Gasteiger partial charge in [0.1, 0.15) is 0 Å². The third-order valence-electron chi connectivity index (χ3n) is 3.20. The van der Waals surface area contributed by atoms with E-state index in [2.05, 4.69) is 25.0 Å². The summed E-state index contributed by atoms with van der Waals surface area (Å²) in [7, 11) is 0. The maximum atomic E-state index is 8.59. The fourth-order valence-electron chi connectivity index (χ4n) is 2.08. The Hall–Kier alpha value is -1.33. The first-order valence-corrected chi connectivity index (χ1v) is 6.29. The Morgan fingerprint density at radius 3 is 2.82 bits per heavy atom. The van der Waals surface area contributed by atoms with Gasteiger partial charge >= 0.3 is 0 Å². The van der Waals surface area contributed by atoms with E-state index in [4.69, 9.17) is 5.26 Å². The van der Waals surface area contributed by atoms with Crippen LogP contribution >= 0.6 is 0 Å². The van der Waals surface area contributed by atoms with Gasteiger partial charge in [-0.1, -0.05) is 26.2 Å². The number of nitrogens with zero attached hydrogens (tertiary/aromatic N) is 2. The van der Waals surface area contributed by atoms with Crippen LogP contribution in [0.3, 0.4) is 0 Å². The first-order valence-electron chi connectivity index (χ1n) is 6.29. The van der Waals surface area contributed by atoms with Gasteiger partial charge in [-0.25, -0.2) is 0 Å². The minimum atomic E-state index is 0.482. The van der Waals surface area contributed by atoms with Gasteiger partial charge in [0.15, 0.2) is 0 Å². The second kappa shape index (κ2) is 7.09. The summed E-state index contributed by atoms with van der Waals surface area (Å²) in [5, 5.41) is 8.59. The van der Waals surface area contributed by atoms with Crippen molar-refractivity contribution in [1.29, 1.82) is 5.26 Å². The fourth-order valence-corrected chi connectivity index (χ4v) is 2.08. The van der Waals surface area contributed by atoms with Gasteiger partial charge in [-0.3, -0.25) is 4.90 Å². The Balaban J connectivity index is 2.38. The molecule has 1 fully saturated rings. The van der Waals surface area contributed by atoms with Crippen molar-refractivity contribution in [3.8, 4) is 6.07 Å². The van der Waals surface area contributed by atoms with E-state index >= 15 is 0 Å². The Labute approximate surface area is 105 Å².